The number of nitrogens with one attached hydrogen (secondary N) is 1. The van der Waals surface area contributed by atoms with Gasteiger partial charge in [0.2, 0.25) is 0 Å². The summed E-state index contributed by atoms with van der Waals surface area (Å²) in [4.78, 5) is 2.11. The molecule has 0 fully saturated rings. The minimum atomic E-state index is 0.183. The van der Waals surface area contributed by atoms with Crippen LogP contribution in [0.15, 0.2) is 72.8 Å². The van der Waals surface area contributed by atoms with Crippen molar-refractivity contribution in [2.75, 3.05) is 37.1 Å². The highest BCUT2D eigenvalue weighted by Gasteiger charge is 2.17. The monoisotopic (exact) mass is 331 g/mol. The Bertz CT molecular complexity index is 803. The van der Waals surface area contributed by atoms with Gasteiger partial charge in [-0.15, -0.1) is 0 Å². The number of benzene rings is 3. The smallest absolute Gasteiger partial charge is 0.0361 e. The lowest BCUT2D eigenvalue weighted by atomic mass is 9.85. The lowest BCUT2D eigenvalue weighted by molar-refractivity contribution is 0.976. The third kappa shape index (κ3) is 3.77. The van der Waals surface area contributed by atoms with Crippen LogP contribution in [0.2, 0.25) is 0 Å². The molecule has 0 heterocycles. The molecule has 1 unspecified atom stereocenters. The maximum Gasteiger partial charge on any atom is 0.0361 e. The van der Waals surface area contributed by atoms with E-state index in [1.807, 2.05) is 19.2 Å². The van der Waals surface area contributed by atoms with Crippen LogP contribution in [-0.4, -0.2) is 21.1 Å². The van der Waals surface area contributed by atoms with Gasteiger partial charge in [-0.2, -0.15) is 0 Å². The summed E-state index contributed by atoms with van der Waals surface area (Å²) < 4.78 is 0. The Morgan fingerprint density at radius 2 is 1.16 bits per heavy atom. The van der Waals surface area contributed by atoms with Gasteiger partial charge in [0.15, 0.2) is 0 Å². The van der Waals surface area contributed by atoms with E-state index in [2.05, 4.69) is 85.0 Å². The summed E-state index contributed by atoms with van der Waals surface area (Å²) in [6, 6.07) is 25.5. The lowest BCUT2D eigenvalue weighted by Crippen LogP contribution is -2.09. The van der Waals surface area contributed by atoms with E-state index in [-0.39, 0.29) is 5.92 Å². The van der Waals surface area contributed by atoms with Gasteiger partial charge in [-0.05, 0) is 53.1 Å². The minimum Gasteiger partial charge on any atom is -0.399 e. The molecule has 0 spiro atoms. The van der Waals surface area contributed by atoms with Gasteiger partial charge >= 0.3 is 0 Å². The lowest BCUT2D eigenvalue weighted by Gasteiger charge is -2.21. The van der Waals surface area contributed by atoms with E-state index in [4.69, 9.17) is 5.73 Å². The Labute approximate surface area is 150 Å². The molecule has 3 heteroatoms. The Kier molecular flexibility index (Phi) is 4.94. The molecule has 128 valence electrons. The number of nitrogen functional groups attached to an aromatic ring is 1. The van der Waals surface area contributed by atoms with Crippen LogP contribution in [0.25, 0.3) is 0 Å². The van der Waals surface area contributed by atoms with Crippen molar-refractivity contribution in [3.05, 3.63) is 89.5 Å². The van der Waals surface area contributed by atoms with E-state index >= 15 is 0 Å². The van der Waals surface area contributed by atoms with Crippen LogP contribution in [0.1, 0.15) is 22.6 Å². The molecule has 0 aliphatic rings. The first-order valence-corrected chi connectivity index (χ1v) is 8.49. The summed E-state index contributed by atoms with van der Waals surface area (Å²) in [7, 11) is 6.05. The number of anilines is 3. The fraction of sp³-hybridized carbons (Fsp3) is 0.182. The molecule has 0 aliphatic carbocycles. The predicted octanol–water partition coefficient (Wildman–Crippen LogP) is 4.56. The fourth-order valence-corrected chi connectivity index (χ4v) is 3.07. The molecular weight excluding hydrogens is 306 g/mol. The van der Waals surface area contributed by atoms with Crippen LogP contribution < -0.4 is 16.0 Å². The standard InChI is InChI=1S/C22H25N3/c1-24-20-12-6-17(7-13-20)22(16-4-10-19(23)11-5-16)18-8-14-21(15-9-18)25(2)3/h4-15,22,24H,23H2,1-3H3. The van der Waals surface area contributed by atoms with E-state index in [1.165, 1.54) is 22.4 Å². The zero-order chi connectivity index (χ0) is 17.8. The molecular formula is C22H25N3. The SMILES string of the molecule is CNc1ccc(C(c2ccc(N)cc2)c2ccc(N(C)C)cc2)cc1. The average Bonchev–Trinajstić information content (AvgIpc) is 2.64. The summed E-state index contributed by atoms with van der Waals surface area (Å²) in [6.07, 6.45) is 0. The summed E-state index contributed by atoms with van der Waals surface area (Å²) in [5, 5.41) is 3.18. The van der Waals surface area contributed by atoms with Crippen molar-refractivity contribution >= 4 is 17.1 Å². The van der Waals surface area contributed by atoms with Gasteiger partial charge in [0.1, 0.15) is 0 Å². The Balaban J connectivity index is 2.05. The predicted molar refractivity (Wildman–Crippen MR) is 109 cm³/mol. The highest BCUT2D eigenvalue weighted by Crippen LogP contribution is 2.33. The number of nitrogens with two attached hydrogens (primary N) is 1. The molecule has 3 aromatic rings. The van der Waals surface area contributed by atoms with E-state index in [9.17, 15) is 0 Å². The first-order valence-electron chi connectivity index (χ1n) is 8.49. The number of nitrogens with zero attached hydrogens (tertiary/aromatic N) is 1. The van der Waals surface area contributed by atoms with Crippen molar-refractivity contribution in [1.29, 1.82) is 0 Å². The number of hydrogen-bond acceptors (Lipinski definition) is 3. The maximum atomic E-state index is 5.88. The summed E-state index contributed by atoms with van der Waals surface area (Å²) in [5.74, 6) is 0.183. The van der Waals surface area contributed by atoms with Crippen LogP contribution in [0, 0.1) is 0 Å². The molecule has 0 aliphatic heterocycles. The molecule has 0 aromatic heterocycles. The summed E-state index contributed by atoms with van der Waals surface area (Å²) in [6.45, 7) is 0. The average molecular weight is 331 g/mol. The molecule has 3 N–H and O–H groups in total. The maximum absolute atomic E-state index is 5.88. The summed E-state index contributed by atoms with van der Waals surface area (Å²) >= 11 is 0. The second kappa shape index (κ2) is 7.31. The van der Waals surface area contributed by atoms with Crippen molar-refractivity contribution in [3.8, 4) is 0 Å². The van der Waals surface area contributed by atoms with Crippen molar-refractivity contribution in [2.45, 2.75) is 5.92 Å². The minimum absolute atomic E-state index is 0.183. The van der Waals surface area contributed by atoms with Gasteiger partial charge in [-0.1, -0.05) is 36.4 Å². The molecule has 0 saturated carbocycles. The highest BCUT2D eigenvalue weighted by molar-refractivity contribution is 5.53. The topological polar surface area (TPSA) is 41.3 Å². The Morgan fingerprint density at radius 1 is 0.720 bits per heavy atom. The van der Waals surface area contributed by atoms with Crippen LogP contribution in [0.4, 0.5) is 17.1 Å². The van der Waals surface area contributed by atoms with Crippen molar-refractivity contribution in [3.63, 3.8) is 0 Å². The normalized spacial score (nSPS) is 11.8. The van der Waals surface area contributed by atoms with Crippen molar-refractivity contribution in [1.82, 2.24) is 0 Å². The molecule has 3 nitrogen and oxygen atoms in total. The third-order valence-corrected chi connectivity index (χ3v) is 4.55. The van der Waals surface area contributed by atoms with Crippen molar-refractivity contribution < 1.29 is 0 Å². The van der Waals surface area contributed by atoms with Gasteiger partial charge in [-0.3, -0.25) is 0 Å². The molecule has 0 bridgehead atoms. The Morgan fingerprint density at radius 3 is 1.60 bits per heavy atom. The van der Waals surface area contributed by atoms with Gasteiger partial charge in [0.05, 0.1) is 0 Å². The fourth-order valence-electron chi connectivity index (χ4n) is 3.07. The molecule has 3 rings (SSSR count). The van der Waals surface area contributed by atoms with Gasteiger partial charge in [0, 0.05) is 44.1 Å². The number of rotatable bonds is 5. The van der Waals surface area contributed by atoms with Gasteiger partial charge in [-0.25, -0.2) is 0 Å². The highest BCUT2D eigenvalue weighted by atomic mass is 15.1. The molecule has 25 heavy (non-hydrogen) atoms. The van der Waals surface area contributed by atoms with Crippen LogP contribution in [0.3, 0.4) is 0 Å². The van der Waals surface area contributed by atoms with Crippen LogP contribution in [0.5, 0.6) is 0 Å². The zero-order valence-electron chi connectivity index (χ0n) is 15.0. The molecule has 1 atom stereocenters. The Hall–Kier alpha value is -2.94. The molecule has 3 aromatic carbocycles. The third-order valence-electron chi connectivity index (χ3n) is 4.55. The largest absolute Gasteiger partial charge is 0.399 e. The first kappa shape index (κ1) is 16.9. The molecule has 0 radical (unpaired) electrons. The second-order valence-corrected chi connectivity index (χ2v) is 6.46. The van der Waals surface area contributed by atoms with Gasteiger partial charge in [0.25, 0.3) is 0 Å². The number of hydrogen-bond donors (Lipinski definition) is 2. The van der Waals surface area contributed by atoms with Crippen molar-refractivity contribution in [2.24, 2.45) is 0 Å². The first-order chi connectivity index (χ1) is 12.1. The summed E-state index contributed by atoms with van der Waals surface area (Å²) in [5.41, 5.74) is 12.8. The molecule has 0 amide bonds. The van der Waals surface area contributed by atoms with E-state index in [0.717, 1.165) is 11.4 Å². The molecule has 0 saturated heterocycles. The zero-order valence-corrected chi connectivity index (χ0v) is 15.0. The van der Waals surface area contributed by atoms with Crippen LogP contribution >= 0.6 is 0 Å². The van der Waals surface area contributed by atoms with E-state index < -0.39 is 0 Å². The quantitative estimate of drug-likeness (QED) is 0.532. The van der Waals surface area contributed by atoms with Crippen LogP contribution in [-0.2, 0) is 0 Å². The van der Waals surface area contributed by atoms with E-state index in [0.29, 0.717) is 0 Å². The van der Waals surface area contributed by atoms with E-state index in [1.54, 1.807) is 0 Å². The second-order valence-electron chi connectivity index (χ2n) is 6.46. The van der Waals surface area contributed by atoms with Gasteiger partial charge < -0.3 is 16.0 Å².